The first-order valence-corrected chi connectivity index (χ1v) is 9.50. The largest absolute Gasteiger partial charge is 0.508 e. The van der Waals surface area contributed by atoms with Crippen LogP contribution in [0.2, 0.25) is 0 Å². The summed E-state index contributed by atoms with van der Waals surface area (Å²) in [5, 5.41) is 31.7. The van der Waals surface area contributed by atoms with Gasteiger partial charge in [0, 0.05) is 12.6 Å². The highest BCUT2D eigenvalue weighted by Gasteiger charge is 2.27. The van der Waals surface area contributed by atoms with E-state index in [0.717, 1.165) is 5.56 Å². The van der Waals surface area contributed by atoms with Crippen LogP contribution in [0.25, 0.3) is 0 Å². The molecule has 1 aliphatic rings. The molecule has 2 aromatic rings. The van der Waals surface area contributed by atoms with Crippen LogP contribution in [0.3, 0.4) is 0 Å². The molecule has 162 valence electrons. The minimum Gasteiger partial charge on any atom is -0.508 e. The van der Waals surface area contributed by atoms with Crippen molar-refractivity contribution in [1.82, 2.24) is 5.32 Å². The molecule has 0 aromatic heterocycles. The van der Waals surface area contributed by atoms with Crippen LogP contribution in [-0.4, -0.2) is 66.9 Å². The lowest BCUT2D eigenvalue weighted by molar-refractivity contribution is -0.147. The molecular weight excluding hydrogens is 394 g/mol. The first-order chi connectivity index (χ1) is 14.5. The van der Waals surface area contributed by atoms with E-state index in [-0.39, 0.29) is 19.0 Å². The van der Waals surface area contributed by atoms with E-state index in [1.807, 2.05) is 12.1 Å². The van der Waals surface area contributed by atoms with Gasteiger partial charge in [-0.05, 0) is 42.8 Å². The molecule has 30 heavy (non-hydrogen) atoms. The third-order valence-corrected chi connectivity index (χ3v) is 4.49. The van der Waals surface area contributed by atoms with Gasteiger partial charge >= 0.3 is 5.97 Å². The Balaban J connectivity index is 1.39. The fourth-order valence-electron chi connectivity index (χ4n) is 2.91. The molecule has 1 heterocycles. The van der Waals surface area contributed by atoms with Gasteiger partial charge in [-0.1, -0.05) is 6.07 Å². The molecule has 2 aromatic carbocycles. The van der Waals surface area contributed by atoms with Gasteiger partial charge in [-0.15, -0.1) is 0 Å². The van der Waals surface area contributed by atoms with Crippen molar-refractivity contribution in [2.75, 3.05) is 33.4 Å². The number of aliphatic carboxylic acids is 1. The maximum absolute atomic E-state index is 11.0. The molecule has 0 spiro atoms. The molecule has 0 bridgehead atoms. The Hall–Kier alpha value is -3.17. The number of carboxylic acids is 1. The molecule has 9 heteroatoms. The summed E-state index contributed by atoms with van der Waals surface area (Å²) in [6.07, 6.45) is -1.02. The summed E-state index contributed by atoms with van der Waals surface area (Å²) < 4.78 is 21.5. The lowest BCUT2D eigenvalue weighted by atomic mass is 10.1. The average Bonchev–Trinajstić information content (AvgIpc) is 2.75. The molecule has 9 nitrogen and oxygen atoms in total. The van der Waals surface area contributed by atoms with Gasteiger partial charge in [0.05, 0.1) is 7.11 Å². The lowest BCUT2D eigenvalue weighted by Gasteiger charge is -2.24. The quantitative estimate of drug-likeness (QED) is 0.420. The van der Waals surface area contributed by atoms with Gasteiger partial charge in [0.2, 0.25) is 6.10 Å². The number of fused-ring (bicyclic) bond motifs is 1. The van der Waals surface area contributed by atoms with Crippen LogP contribution in [0.5, 0.6) is 28.7 Å². The number of aliphatic hydroxyl groups is 1. The molecule has 1 aliphatic heterocycles. The van der Waals surface area contributed by atoms with Crippen LogP contribution in [0, 0.1) is 0 Å². The van der Waals surface area contributed by atoms with E-state index in [4.69, 9.17) is 24.1 Å². The average molecular weight is 419 g/mol. The second-order valence-electron chi connectivity index (χ2n) is 6.79. The number of hydrogen-bond acceptors (Lipinski definition) is 8. The van der Waals surface area contributed by atoms with Gasteiger partial charge in [-0.25, -0.2) is 4.79 Å². The zero-order chi connectivity index (χ0) is 21.5. The Morgan fingerprint density at radius 3 is 2.83 bits per heavy atom. The second kappa shape index (κ2) is 10.0. The van der Waals surface area contributed by atoms with E-state index in [2.05, 4.69) is 5.32 Å². The summed E-state index contributed by atoms with van der Waals surface area (Å²) in [7, 11) is 1.47. The number of carboxylic acid groups (broad SMARTS) is 1. The van der Waals surface area contributed by atoms with Crippen molar-refractivity contribution >= 4 is 5.97 Å². The fraction of sp³-hybridized carbons (Fsp3) is 0.381. The number of phenols is 1. The maximum Gasteiger partial charge on any atom is 0.348 e. The highest BCUT2D eigenvalue weighted by atomic mass is 16.6. The Morgan fingerprint density at radius 2 is 2.07 bits per heavy atom. The van der Waals surface area contributed by atoms with E-state index in [1.54, 1.807) is 12.1 Å². The molecule has 4 N–H and O–H groups in total. The molecule has 0 saturated heterocycles. The number of carbonyl (C=O) groups is 1. The Labute approximate surface area is 173 Å². The molecular formula is C21H25NO8. The van der Waals surface area contributed by atoms with Crippen LogP contribution in [0.4, 0.5) is 0 Å². The molecule has 0 fully saturated rings. The third kappa shape index (κ3) is 5.68. The number of nitrogens with one attached hydrogen (secondary N) is 1. The van der Waals surface area contributed by atoms with Crippen molar-refractivity contribution < 1.29 is 39.1 Å². The first kappa shape index (κ1) is 21.5. The normalized spacial score (nSPS) is 16.0. The van der Waals surface area contributed by atoms with Crippen LogP contribution in [0.1, 0.15) is 5.56 Å². The van der Waals surface area contributed by atoms with Crippen LogP contribution in [-0.2, 0) is 11.2 Å². The van der Waals surface area contributed by atoms with E-state index in [9.17, 15) is 15.0 Å². The highest BCUT2D eigenvalue weighted by Crippen LogP contribution is 2.33. The van der Waals surface area contributed by atoms with Gasteiger partial charge in [-0.2, -0.15) is 0 Å². The van der Waals surface area contributed by atoms with Gasteiger partial charge in [0.1, 0.15) is 25.1 Å². The van der Waals surface area contributed by atoms with E-state index in [1.165, 1.54) is 19.2 Å². The Bertz CT molecular complexity index is 872. The lowest BCUT2D eigenvalue weighted by Crippen LogP contribution is -2.36. The summed E-state index contributed by atoms with van der Waals surface area (Å²) in [4.78, 5) is 11.0. The molecule has 0 saturated carbocycles. The highest BCUT2D eigenvalue weighted by molar-refractivity contribution is 5.73. The van der Waals surface area contributed by atoms with Crippen LogP contribution >= 0.6 is 0 Å². The van der Waals surface area contributed by atoms with Crippen molar-refractivity contribution in [3.8, 4) is 28.7 Å². The number of aliphatic hydroxyl groups excluding tert-OH is 1. The number of aromatic hydroxyl groups is 1. The first-order valence-electron chi connectivity index (χ1n) is 9.50. The number of hydrogen-bond donors (Lipinski definition) is 4. The number of phenolic OH excluding ortho intramolecular Hbond substituents is 1. The van der Waals surface area contributed by atoms with Gasteiger partial charge in [0.15, 0.2) is 23.0 Å². The van der Waals surface area contributed by atoms with Crippen molar-refractivity contribution in [1.29, 1.82) is 0 Å². The topological polar surface area (TPSA) is 127 Å². The van der Waals surface area contributed by atoms with Crippen LogP contribution < -0.4 is 24.3 Å². The van der Waals surface area contributed by atoms with Gasteiger partial charge in [0.25, 0.3) is 0 Å². The Morgan fingerprint density at radius 1 is 1.23 bits per heavy atom. The number of ether oxygens (including phenoxy) is 4. The van der Waals surface area contributed by atoms with Gasteiger partial charge < -0.3 is 39.6 Å². The molecule has 0 amide bonds. The third-order valence-electron chi connectivity index (χ3n) is 4.49. The SMILES string of the molecule is COc1cc(O)ccc1OC[C@@H](O)CNCCc1ccc2c(c1)OCC(C(=O)O)O2. The zero-order valence-corrected chi connectivity index (χ0v) is 16.5. The minimum absolute atomic E-state index is 0.0257. The molecule has 0 aliphatic carbocycles. The van der Waals surface area contributed by atoms with E-state index in [0.29, 0.717) is 42.5 Å². The summed E-state index contributed by atoms with van der Waals surface area (Å²) in [5.74, 6) is 0.797. The fourth-order valence-corrected chi connectivity index (χ4v) is 2.91. The molecule has 0 radical (unpaired) electrons. The smallest absolute Gasteiger partial charge is 0.348 e. The summed E-state index contributed by atoms with van der Waals surface area (Å²) >= 11 is 0. The summed E-state index contributed by atoms with van der Waals surface area (Å²) in [6.45, 7) is 1.01. The molecule has 1 unspecified atom stereocenters. The molecule has 2 atom stereocenters. The van der Waals surface area contributed by atoms with Crippen molar-refractivity contribution in [2.45, 2.75) is 18.6 Å². The summed E-state index contributed by atoms with van der Waals surface area (Å²) in [5.41, 5.74) is 0.998. The van der Waals surface area contributed by atoms with E-state index < -0.39 is 18.2 Å². The monoisotopic (exact) mass is 419 g/mol. The maximum atomic E-state index is 11.0. The van der Waals surface area contributed by atoms with Crippen molar-refractivity contribution in [2.24, 2.45) is 0 Å². The van der Waals surface area contributed by atoms with Crippen molar-refractivity contribution in [3.05, 3.63) is 42.0 Å². The summed E-state index contributed by atoms with van der Waals surface area (Å²) in [6, 6.07) is 9.88. The standard InChI is InChI=1S/C21H25NO8/c1-27-18-9-14(23)3-5-16(18)28-11-15(24)10-22-7-6-13-2-4-17-19(8-13)29-12-20(30-17)21(25)26/h2-5,8-9,15,20,22-24H,6-7,10-12H2,1H3,(H,25,26)/t15-,20?/m0/s1. The Kier molecular flexibility index (Phi) is 7.21. The number of rotatable bonds is 10. The number of methoxy groups -OCH3 is 1. The molecule has 3 rings (SSSR count). The second-order valence-corrected chi connectivity index (χ2v) is 6.79. The van der Waals surface area contributed by atoms with Crippen molar-refractivity contribution in [3.63, 3.8) is 0 Å². The van der Waals surface area contributed by atoms with Crippen LogP contribution in [0.15, 0.2) is 36.4 Å². The number of benzene rings is 2. The van der Waals surface area contributed by atoms with Gasteiger partial charge in [-0.3, -0.25) is 0 Å². The minimum atomic E-state index is -1.06. The zero-order valence-electron chi connectivity index (χ0n) is 16.5. The van der Waals surface area contributed by atoms with E-state index >= 15 is 0 Å². The predicted octanol–water partition coefficient (Wildman–Crippen LogP) is 1.20. The predicted molar refractivity (Wildman–Crippen MR) is 107 cm³/mol.